The number of nitrogens with zero attached hydrogens (tertiary/aromatic N) is 1. The highest BCUT2D eigenvalue weighted by Gasteiger charge is 2.15. The number of carbonyl (C=O) groups is 1. The van der Waals surface area contributed by atoms with Gasteiger partial charge in [0.25, 0.3) is 0 Å². The summed E-state index contributed by atoms with van der Waals surface area (Å²) in [6, 6.07) is 15.7. The maximum absolute atomic E-state index is 12.8. The first-order valence-electron chi connectivity index (χ1n) is 7.30. The standard InChI is InChI=1S/C19H19NO/c1-15-7-6-9-16(13-15)19(21)18-10-3-2-8-17(18)14-20-11-4-5-12-20/h2-10,13H,11-12,14H2,1H3. The number of hydrogen-bond acceptors (Lipinski definition) is 2. The number of rotatable bonds is 4. The molecule has 2 nitrogen and oxygen atoms in total. The smallest absolute Gasteiger partial charge is 0.193 e. The lowest BCUT2D eigenvalue weighted by molar-refractivity contribution is 0.103. The van der Waals surface area contributed by atoms with E-state index in [0.29, 0.717) is 0 Å². The molecule has 0 saturated carbocycles. The average molecular weight is 277 g/mol. The third-order valence-electron chi connectivity index (χ3n) is 3.83. The molecular formula is C19H19NO. The highest BCUT2D eigenvalue weighted by molar-refractivity contribution is 6.10. The van der Waals surface area contributed by atoms with Gasteiger partial charge >= 0.3 is 0 Å². The van der Waals surface area contributed by atoms with Crippen LogP contribution in [0.3, 0.4) is 0 Å². The molecule has 0 N–H and O–H groups in total. The molecule has 0 fully saturated rings. The summed E-state index contributed by atoms with van der Waals surface area (Å²) in [5.74, 6) is 0.112. The van der Waals surface area contributed by atoms with Crippen LogP contribution in [0.2, 0.25) is 0 Å². The van der Waals surface area contributed by atoms with Crippen molar-refractivity contribution in [2.75, 3.05) is 13.1 Å². The Morgan fingerprint density at radius 2 is 1.81 bits per heavy atom. The summed E-state index contributed by atoms with van der Waals surface area (Å²) >= 11 is 0. The summed E-state index contributed by atoms with van der Waals surface area (Å²) in [6.07, 6.45) is 4.34. The van der Waals surface area contributed by atoms with Crippen LogP contribution in [-0.4, -0.2) is 23.8 Å². The number of aryl methyl sites for hydroxylation is 1. The van der Waals surface area contributed by atoms with Crippen molar-refractivity contribution >= 4 is 5.78 Å². The van der Waals surface area contributed by atoms with Crippen molar-refractivity contribution in [2.24, 2.45) is 0 Å². The summed E-state index contributed by atoms with van der Waals surface area (Å²) in [4.78, 5) is 15.1. The van der Waals surface area contributed by atoms with E-state index >= 15 is 0 Å². The van der Waals surface area contributed by atoms with Gasteiger partial charge in [0.1, 0.15) is 0 Å². The summed E-state index contributed by atoms with van der Waals surface area (Å²) < 4.78 is 0. The van der Waals surface area contributed by atoms with Crippen LogP contribution < -0.4 is 0 Å². The van der Waals surface area contributed by atoms with Gasteiger partial charge in [0.2, 0.25) is 0 Å². The van der Waals surface area contributed by atoms with E-state index < -0.39 is 0 Å². The SMILES string of the molecule is Cc1cccc(C(=O)c2ccccc2CN2CC=CC2)c1. The predicted molar refractivity (Wildman–Crippen MR) is 85.5 cm³/mol. The van der Waals surface area contributed by atoms with Crippen molar-refractivity contribution in [1.82, 2.24) is 4.90 Å². The molecule has 2 aromatic rings. The second-order valence-corrected chi connectivity index (χ2v) is 5.52. The Labute approximate surface area is 125 Å². The quantitative estimate of drug-likeness (QED) is 0.628. The molecule has 0 unspecified atom stereocenters. The van der Waals surface area contributed by atoms with Crippen molar-refractivity contribution in [3.8, 4) is 0 Å². The molecule has 0 saturated heterocycles. The number of benzene rings is 2. The molecule has 2 heteroatoms. The zero-order chi connectivity index (χ0) is 14.7. The van der Waals surface area contributed by atoms with Gasteiger partial charge in [0.05, 0.1) is 0 Å². The van der Waals surface area contributed by atoms with Gasteiger partial charge in [-0.2, -0.15) is 0 Å². The Bertz CT molecular complexity index is 679. The van der Waals surface area contributed by atoms with E-state index in [1.54, 1.807) is 0 Å². The maximum atomic E-state index is 12.8. The average Bonchev–Trinajstić information content (AvgIpc) is 3.00. The summed E-state index contributed by atoms with van der Waals surface area (Å²) in [5.41, 5.74) is 3.80. The van der Waals surface area contributed by atoms with Crippen molar-refractivity contribution in [1.29, 1.82) is 0 Å². The van der Waals surface area contributed by atoms with Crippen LogP contribution in [0.15, 0.2) is 60.7 Å². The second-order valence-electron chi connectivity index (χ2n) is 5.52. The number of carbonyl (C=O) groups excluding carboxylic acids is 1. The number of ketones is 1. The zero-order valence-electron chi connectivity index (χ0n) is 12.3. The van der Waals surface area contributed by atoms with Crippen LogP contribution in [0.25, 0.3) is 0 Å². The molecule has 0 amide bonds. The lowest BCUT2D eigenvalue weighted by Gasteiger charge is -2.17. The minimum atomic E-state index is 0.112. The van der Waals surface area contributed by atoms with E-state index in [2.05, 4.69) is 23.1 Å². The van der Waals surface area contributed by atoms with E-state index in [4.69, 9.17) is 0 Å². The van der Waals surface area contributed by atoms with Gasteiger partial charge in [0, 0.05) is 30.8 Å². The van der Waals surface area contributed by atoms with Crippen molar-refractivity contribution in [3.63, 3.8) is 0 Å². The van der Waals surface area contributed by atoms with Gasteiger partial charge in [-0.3, -0.25) is 9.69 Å². The fourth-order valence-electron chi connectivity index (χ4n) is 2.71. The molecule has 0 spiro atoms. The van der Waals surface area contributed by atoms with Crippen LogP contribution in [0.5, 0.6) is 0 Å². The molecule has 0 aromatic heterocycles. The van der Waals surface area contributed by atoms with Gasteiger partial charge in [0.15, 0.2) is 5.78 Å². The molecule has 0 atom stereocenters. The first-order chi connectivity index (χ1) is 10.2. The van der Waals surface area contributed by atoms with Crippen LogP contribution in [0.1, 0.15) is 27.0 Å². The van der Waals surface area contributed by atoms with Crippen LogP contribution in [-0.2, 0) is 6.54 Å². The Morgan fingerprint density at radius 3 is 2.57 bits per heavy atom. The lowest BCUT2D eigenvalue weighted by atomic mass is 9.97. The minimum Gasteiger partial charge on any atom is -0.292 e. The summed E-state index contributed by atoms with van der Waals surface area (Å²) in [6.45, 7) is 4.76. The molecule has 106 valence electrons. The largest absolute Gasteiger partial charge is 0.292 e. The van der Waals surface area contributed by atoms with Crippen molar-refractivity contribution < 1.29 is 4.79 Å². The normalized spacial score (nSPS) is 14.5. The molecule has 21 heavy (non-hydrogen) atoms. The van der Waals surface area contributed by atoms with Gasteiger partial charge in [-0.15, -0.1) is 0 Å². The van der Waals surface area contributed by atoms with E-state index in [1.165, 1.54) is 0 Å². The van der Waals surface area contributed by atoms with Crippen molar-refractivity contribution in [2.45, 2.75) is 13.5 Å². The maximum Gasteiger partial charge on any atom is 0.193 e. The van der Waals surface area contributed by atoms with Gasteiger partial charge in [-0.25, -0.2) is 0 Å². The van der Waals surface area contributed by atoms with Gasteiger partial charge < -0.3 is 0 Å². The second kappa shape index (κ2) is 6.06. The monoisotopic (exact) mass is 277 g/mol. The highest BCUT2D eigenvalue weighted by Crippen LogP contribution is 2.18. The van der Waals surface area contributed by atoms with E-state index in [0.717, 1.165) is 41.9 Å². The van der Waals surface area contributed by atoms with Crippen LogP contribution >= 0.6 is 0 Å². The van der Waals surface area contributed by atoms with Crippen LogP contribution in [0.4, 0.5) is 0 Å². The van der Waals surface area contributed by atoms with Crippen molar-refractivity contribution in [3.05, 3.63) is 82.9 Å². The van der Waals surface area contributed by atoms with Gasteiger partial charge in [-0.05, 0) is 18.6 Å². The molecule has 0 bridgehead atoms. The third-order valence-corrected chi connectivity index (χ3v) is 3.83. The molecule has 2 aromatic carbocycles. The zero-order valence-corrected chi connectivity index (χ0v) is 12.3. The molecule has 1 aliphatic heterocycles. The topological polar surface area (TPSA) is 20.3 Å². The first kappa shape index (κ1) is 13.8. The summed E-state index contributed by atoms with van der Waals surface area (Å²) in [7, 11) is 0. The van der Waals surface area contributed by atoms with E-state index in [-0.39, 0.29) is 5.78 Å². The van der Waals surface area contributed by atoms with Gasteiger partial charge in [-0.1, -0.05) is 60.2 Å². The summed E-state index contributed by atoms with van der Waals surface area (Å²) in [5, 5.41) is 0. The predicted octanol–water partition coefficient (Wildman–Crippen LogP) is 3.60. The van der Waals surface area contributed by atoms with E-state index in [9.17, 15) is 4.79 Å². The fraction of sp³-hybridized carbons (Fsp3) is 0.211. The Hall–Kier alpha value is -2.19. The molecule has 1 aliphatic rings. The first-order valence-corrected chi connectivity index (χ1v) is 7.30. The lowest BCUT2D eigenvalue weighted by Crippen LogP contribution is -2.21. The molecular weight excluding hydrogens is 258 g/mol. The fourth-order valence-corrected chi connectivity index (χ4v) is 2.71. The molecule has 3 rings (SSSR count). The Balaban J connectivity index is 1.89. The highest BCUT2D eigenvalue weighted by atomic mass is 16.1. The van der Waals surface area contributed by atoms with E-state index in [1.807, 2.05) is 49.4 Å². The molecule has 0 radical (unpaired) electrons. The Kier molecular flexibility index (Phi) is 3.98. The molecule has 0 aliphatic carbocycles. The molecule has 1 heterocycles. The Morgan fingerprint density at radius 1 is 1.05 bits per heavy atom. The number of hydrogen-bond donors (Lipinski definition) is 0. The van der Waals surface area contributed by atoms with Crippen LogP contribution in [0, 0.1) is 6.92 Å². The minimum absolute atomic E-state index is 0.112. The third kappa shape index (κ3) is 3.11.